The fourth-order valence-corrected chi connectivity index (χ4v) is 2.39. The average molecular weight is 277 g/mol. The van der Waals surface area contributed by atoms with Crippen LogP contribution < -0.4 is 0 Å². The molecule has 0 spiro atoms. The van der Waals surface area contributed by atoms with E-state index in [1.165, 1.54) is 44.3 Å². The Morgan fingerprint density at radius 3 is 2.45 bits per heavy atom. The van der Waals surface area contributed by atoms with Gasteiger partial charge in [0.25, 0.3) is 0 Å². The molecule has 2 heteroatoms. The van der Waals surface area contributed by atoms with Gasteiger partial charge in [0.05, 0.1) is 0 Å². The van der Waals surface area contributed by atoms with Gasteiger partial charge in [-0.2, -0.15) is 0 Å². The Morgan fingerprint density at radius 1 is 1.15 bits per heavy atom. The standard InChI is InChI=1S/C14H23NO.C4H8/c1-13-6-5-7-14(12-13)16-11-10-15-8-3-2-4-9-15;1-3-4-2/h7,12H,2-6,8-11H2,1H3;3-4H,1-2H3. The predicted octanol–water partition coefficient (Wildman–Crippen LogP) is 4.70. The van der Waals surface area contributed by atoms with Gasteiger partial charge in [-0.3, -0.25) is 4.90 Å². The number of rotatable bonds is 4. The van der Waals surface area contributed by atoms with E-state index >= 15 is 0 Å². The van der Waals surface area contributed by atoms with Crippen LogP contribution in [-0.4, -0.2) is 31.1 Å². The minimum absolute atomic E-state index is 0.843. The van der Waals surface area contributed by atoms with Crippen LogP contribution in [0.2, 0.25) is 0 Å². The third-order valence-corrected chi connectivity index (χ3v) is 3.73. The molecule has 0 N–H and O–H groups in total. The van der Waals surface area contributed by atoms with Gasteiger partial charge in [-0.1, -0.05) is 24.1 Å². The maximum Gasteiger partial charge on any atom is 0.115 e. The third kappa shape index (κ3) is 7.54. The maximum atomic E-state index is 5.80. The molecular weight excluding hydrogens is 246 g/mol. The van der Waals surface area contributed by atoms with Gasteiger partial charge >= 0.3 is 0 Å². The fourth-order valence-electron chi connectivity index (χ4n) is 2.39. The Hall–Kier alpha value is -1.02. The van der Waals surface area contributed by atoms with Crippen molar-refractivity contribution >= 4 is 0 Å². The molecule has 2 aliphatic rings. The highest BCUT2D eigenvalue weighted by Crippen LogP contribution is 2.17. The molecule has 0 aromatic carbocycles. The van der Waals surface area contributed by atoms with Crippen LogP contribution in [0.3, 0.4) is 0 Å². The first kappa shape index (κ1) is 17.0. The molecular formula is C18H31NO. The van der Waals surface area contributed by atoms with Gasteiger partial charge in [-0.05, 0) is 71.7 Å². The molecule has 1 heterocycles. The van der Waals surface area contributed by atoms with Crippen molar-refractivity contribution < 1.29 is 4.74 Å². The second-order valence-corrected chi connectivity index (χ2v) is 5.55. The minimum Gasteiger partial charge on any atom is -0.493 e. The van der Waals surface area contributed by atoms with Crippen molar-refractivity contribution in [3.63, 3.8) is 0 Å². The summed E-state index contributed by atoms with van der Waals surface area (Å²) in [4.78, 5) is 2.52. The van der Waals surface area contributed by atoms with Crippen molar-refractivity contribution in [1.82, 2.24) is 4.90 Å². The molecule has 0 amide bonds. The highest BCUT2D eigenvalue weighted by Gasteiger charge is 2.10. The summed E-state index contributed by atoms with van der Waals surface area (Å²) in [5, 5.41) is 0. The highest BCUT2D eigenvalue weighted by molar-refractivity contribution is 5.21. The molecule has 0 unspecified atom stereocenters. The summed E-state index contributed by atoms with van der Waals surface area (Å²) in [6.07, 6.45) is 14.9. The van der Waals surface area contributed by atoms with Crippen molar-refractivity contribution in [2.45, 2.75) is 52.9 Å². The molecule has 0 aromatic rings. The second kappa shape index (κ2) is 10.7. The number of likely N-dealkylation sites (tertiary alicyclic amines) is 1. The lowest BCUT2D eigenvalue weighted by atomic mass is 10.1. The molecule has 1 aliphatic heterocycles. The first-order valence-electron chi connectivity index (χ1n) is 8.06. The number of hydrogen-bond donors (Lipinski definition) is 0. The normalized spacial score (nSPS) is 19.9. The van der Waals surface area contributed by atoms with Crippen molar-refractivity contribution in [2.24, 2.45) is 0 Å². The van der Waals surface area contributed by atoms with E-state index in [1.807, 2.05) is 26.0 Å². The summed E-state index contributed by atoms with van der Waals surface area (Å²) in [7, 11) is 0. The monoisotopic (exact) mass is 277 g/mol. The Kier molecular flexibility index (Phi) is 9.14. The van der Waals surface area contributed by atoms with Gasteiger partial charge in [0.15, 0.2) is 0 Å². The van der Waals surface area contributed by atoms with E-state index in [0.717, 1.165) is 25.3 Å². The lowest BCUT2D eigenvalue weighted by Crippen LogP contribution is -2.32. The smallest absolute Gasteiger partial charge is 0.115 e. The molecule has 0 saturated carbocycles. The van der Waals surface area contributed by atoms with Crippen molar-refractivity contribution in [3.8, 4) is 0 Å². The van der Waals surface area contributed by atoms with Crippen LogP contribution in [0.4, 0.5) is 0 Å². The summed E-state index contributed by atoms with van der Waals surface area (Å²) in [5.41, 5.74) is 1.44. The lowest BCUT2D eigenvalue weighted by Gasteiger charge is -2.26. The maximum absolute atomic E-state index is 5.80. The first-order valence-corrected chi connectivity index (χ1v) is 8.06. The number of hydrogen-bond acceptors (Lipinski definition) is 2. The van der Waals surface area contributed by atoms with Crippen molar-refractivity contribution in [2.75, 3.05) is 26.2 Å². The highest BCUT2D eigenvalue weighted by atomic mass is 16.5. The topological polar surface area (TPSA) is 12.5 Å². The number of allylic oxidation sites excluding steroid dienone is 5. The molecule has 20 heavy (non-hydrogen) atoms. The van der Waals surface area contributed by atoms with Gasteiger partial charge in [-0.25, -0.2) is 0 Å². The molecule has 2 rings (SSSR count). The van der Waals surface area contributed by atoms with E-state index in [1.54, 1.807) is 0 Å². The molecule has 1 fully saturated rings. The zero-order chi connectivity index (χ0) is 14.6. The summed E-state index contributed by atoms with van der Waals surface area (Å²) in [6.45, 7) is 10.6. The average Bonchev–Trinajstić information content (AvgIpc) is 2.49. The third-order valence-electron chi connectivity index (χ3n) is 3.73. The number of nitrogens with zero attached hydrogens (tertiary/aromatic N) is 1. The Labute approximate surface area is 125 Å². The molecule has 2 nitrogen and oxygen atoms in total. The molecule has 1 aliphatic carbocycles. The van der Waals surface area contributed by atoms with Crippen LogP contribution in [-0.2, 0) is 4.74 Å². The molecule has 0 radical (unpaired) electrons. The van der Waals surface area contributed by atoms with Crippen LogP contribution in [0.1, 0.15) is 52.9 Å². The summed E-state index contributed by atoms with van der Waals surface area (Å²) in [5.74, 6) is 1.08. The van der Waals surface area contributed by atoms with E-state index in [0.29, 0.717) is 0 Å². The van der Waals surface area contributed by atoms with Gasteiger partial charge in [0.1, 0.15) is 12.4 Å². The van der Waals surface area contributed by atoms with E-state index in [-0.39, 0.29) is 0 Å². The molecule has 0 atom stereocenters. The van der Waals surface area contributed by atoms with Gasteiger partial charge in [0, 0.05) is 6.54 Å². The van der Waals surface area contributed by atoms with E-state index in [9.17, 15) is 0 Å². The van der Waals surface area contributed by atoms with Crippen molar-refractivity contribution in [1.29, 1.82) is 0 Å². The number of ether oxygens (including phenoxy) is 1. The van der Waals surface area contributed by atoms with Crippen LogP contribution in [0.25, 0.3) is 0 Å². The van der Waals surface area contributed by atoms with Crippen LogP contribution in [0.15, 0.2) is 35.6 Å². The minimum atomic E-state index is 0.843. The lowest BCUT2D eigenvalue weighted by molar-refractivity contribution is 0.147. The van der Waals surface area contributed by atoms with Crippen LogP contribution in [0.5, 0.6) is 0 Å². The van der Waals surface area contributed by atoms with E-state index < -0.39 is 0 Å². The van der Waals surface area contributed by atoms with Crippen LogP contribution >= 0.6 is 0 Å². The van der Waals surface area contributed by atoms with E-state index in [2.05, 4.69) is 24.0 Å². The van der Waals surface area contributed by atoms with Gasteiger partial charge in [-0.15, -0.1) is 0 Å². The largest absolute Gasteiger partial charge is 0.493 e. The van der Waals surface area contributed by atoms with Gasteiger partial charge in [0.2, 0.25) is 0 Å². The summed E-state index contributed by atoms with van der Waals surface area (Å²) < 4.78 is 5.80. The summed E-state index contributed by atoms with van der Waals surface area (Å²) >= 11 is 0. The quantitative estimate of drug-likeness (QED) is 0.691. The molecule has 114 valence electrons. The Morgan fingerprint density at radius 2 is 1.85 bits per heavy atom. The summed E-state index contributed by atoms with van der Waals surface area (Å²) in [6, 6.07) is 0. The fraction of sp³-hybridized carbons (Fsp3) is 0.667. The molecule has 1 saturated heterocycles. The van der Waals surface area contributed by atoms with Gasteiger partial charge < -0.3 is 4.74 Å². The predicted molar refractivity (Wildman–Crippen MR) is 87.8 cm³/mol. The zero-order valence-corrected chi connectivity index (χ0v) is 13.5. The van der Waals surface area contributed by atoms with Crippen molar-refractivity contribution in [3.05, 3.63) is 35.6 Å². The SMILES string of the molecule is CC1=CC(OCCN2CCCCC2)=CCC1.CC=CC. The Balaban J connectivity index is 0.000000444. The first-order chi connectivity index (χ1) is 9.76. The van der Waals surface area contributed by atoms with Crippen LogP contribution in [0, 0.1) is 0 Å². The zero-order valence-electron chi connectivity index (χ0n) is 13.5. The number of piperidine rings is 1. The Bertz CT molecular complexity index is 331. The molecule has 0 bridgehead atoms. The molecule has 0 aromatic heterocycles. The second-order valence-electron chi connectivity index (χ2n) is 5.55. The van der Waals surface area contributed by atoms with E-state index in [4.69, 9.17) is 4.74 Å².